The molecule has 0 amide bonds. The number of hydrogen-bond acceptors (Lipinski definition) is 3. The van der Waals surface area contributed by atoms with Crippen LogP contribution in [0.1, 0.15) is 28.7 Å². The molecule has 1 rings (SSSR count). The molecule has 0 unspecified atom stereocenters. The molecule has 0 atom stereocenters. The van der Waals surface area contributed by atoms with Crippen LogP contribution in [0.25, 0.3) is 0 Å². The van der Waals surface area contributed by atoms with Crippen LogP contribution in [0.2, 0.25) is 0 Å². The minimum Gasteiger partial charge on any atom is -0.496 e. The van der Waals surface area contributed by atoms with Crippen molar-refractivity contribution in [3.05, 3.63) is 28.3 Å². The second kappa shape index (κ2) is 6.76. The number of benzene rings is 1. The average Bonchev–Trinajstić information content (AvgIpc) is 2.34. The minimum absolute atomic E-state index is 0.743. The first-order valence-corrected chi connectivity index (χ1v) is 6.53. The van der Waals surface area contributed by atoms with Crippen molar-refractivity contribution >= 4 is 0 Å². The number of hydrogen-bond donors (Lipinski definition) is 1. The molecule has 0 saturated heterocycles. The van der Waals surface area contributed by atoms with Crippen molar-refractivity contribution in [3.63, 3.8) is 0 Å². The summed E-state index contributed by atoms with van der Waals surface area (Å²) in [7, 11) is 3.88. The Hall–Kier alpha value is -1.06. The quantitative estimate of drug-likeness (QED) is 0.842. The van der Waals surface area contributed by atoms with E-state index < -0.39 is 0 Å². The summed E-state index contributed by atoms with van der Waals surface area (Å²) in [5.41, 5.74) is 10.7. The third kappa shape index (κ3) is 3.47. The second-order valence-corrected chi connectivity index (χ2v) is 5.03. The maximum absolute atomic E-state index is 5.59. The number of methoxy groups -OCH3 is 1. The average molecular weight is 250 g/mol. The molecule has 3 nitrogen and oxygen atoms in total. The normalized spacial score (nSPS) is 11.1. The number of rotatable bonds is 6. The smallest absolute Gasteiger partial charge is 0.126 e. The lowest BCUT2D eigenvalue weighted by Gasteiger charge is -2.22. The van der Waals surface area contributed by atoms with Gasteiger partial charge in [0.2, 0.25) is 0 Å². The number of aryl methyl sites for hydroxylation is 2. The lowest BCUT2D eigenvalue weighted by atomic mass is 9.98. The lowest BCUT2D eigenvalue weighted by Crippen LogP contribution is -2.22. The Morgan fingerprint density at radius 1 is 1.22 bits per heavy atom. The molecule has 2 N–H and O–H groups in total. The molecule has 0 radical (unpaired) electrons. The third-order valence-corrected chi connectivity index (χ3v) is 3.49. The maximum atomic E-state index is 5.59. The molecule has 102 valence electrons. The molecule has 0 aliphatic carbocycles. The summed E-state index contributed by atoms with van der Waals surface area (Å²) >= 11 is 0. The van der Waals surface area contributed by atoms with Gasteiger partial charge in [0.25, 0.3) is 0 Å². The second-order valence-electron chi connectivity index (χ2n) is 5.03. The van der Waals surface area contributed by atoms with Crippen molar-refractivity contribution in [2.24, 2.45) is 5.73 Å². The van der Waals surface area contributed by atoms with E-state index in [2.05, 4.69) is 38.8 Å². The summed E-state index contributed by atoms with van der Waals surface area (Å²) in [6.45, 7) is 9.08. The van der Waals surface area contributed by atoms with Crippen LogP contribution in [0.15, 0.2) is 6.07 Å². The first-order chi connectivity index (χ1) is 8.51. The molecular formula is C15H26N2O. The van der Waals surface area contributed by atoms with E-state index in [1.807, 2.05) is 0 Å². The van der Waals surface area contributed by atoms with Gasteiger partial charge in [0.05, 0.1) is 7.11 Å². The Morgan fingerprint density at radius 2 is 1.89 bits per heavy atom. The Labute approximate surface area is 111 Å². The zero-order valence-corrected chi connectivity index (χ0v) is 12.3. The van der Waals surface area contributed by atoms with Crippen molar-refractivity contribution in [2.45, 2.75) is 33.7 Å². The highest BCUT2D eigenvalue weighted by atomic mass is 16.5. The molecule has 0 bridgehead atoms. The van der Waals surface area contributed by atoms with E-state index in [0.717, 1.165) is 31.8 Å². The third-order valence-electron chi connectivity index (χ3n) is 3.49. The van der Waals surface area contributed by atoms with E-state index in [1.165, 1.54) is 22.3 Å². The van der Waals surface area contributed by atoms with E-state index in [-0.39, 0.29) is 0 Å². The van der Waals surface area contributed by atoms with Crippen LogP contribution < -0.4 is 10.5 Å². The van der Waals surface area contributed by atoms with Gasteiger partial charge in [0, 0.05) is 12.1 Å². The van der Waals surface area contributed by atoms with Crippen LogP contribution in [0.3, 0.4) is 0 Å². The van der Waals surface area contributed by atoms with Gasteiger partial charge in [-0.05, 0) is 64.0 Å². The van der Waals surface area contributed by atoms with Crippen LogP contribution >= 0.6 is 0 Å². The molecule has 0 aliphatic heterocycles. The first-order valence-electron chi connectivity index (χ1n) is 6.53. The van der Waals surface area contributed by atoms with Gasteiger partial charge in [-0.2, -0.15) is 0 Å². The SMILES string of the molecule is COc1c(C)c(C)cc(C)c1CN(C)CCCN. The van der Waals surface area contributed by atoms with E-state index >= 15 is 0 Å². The molecule has 0 spiro atoms. The summed E-state index contributed by atoms with van der Waals surface area (Å²) in [6, 6.07) is 2.24. The molecule has 1 aromatic carbocycles. The Balaban J connectivity index is 2.97. The fourth-order valence-corrected chi connectivity index (χ4v) is 2.29. The molecule has 18 heavy (non-hydrogen) atoms. The lowest BCUT2D eigenvalue weighted by molar-refractivity contribution is 0.313. The van der Waals surface area contributed by atoms with Gasteiger partial charge < -0.3 is 15.4 Å². The molecular weight excluding hydrogens is 224 g/mol. The number of nitrogens with zero attached hydrogens (tertiary/aromatic N) is 1. The summed E-state index contributed by atoms with van der Waals surface area (Å²) in [6.07, 6.45) is 1.03. The minimum atomic E-state index is 0.743. The topological polar surface area (TPSA) is 38.5 Å². The summed E-state index contributed by atoms with van der Waals surface area (Å²) in [5.74, 6) is 1.03. The van der Waals surface area contributed by atoms with Crippen LogP contribution in [-0.4, -0.2) is 32.1 Å². The number of ether oxygens (including phenoxy) is 1. The fourth-order valence-electron chi connectivity index (χ4n) is 2.29. The van der Waals surface area contributed by atoms with Gasteiger partial charge in [-0.15, -0.1) is 0 Å². The van der Waals surface area contributed by atoms with Crippen LogP contribution in [0.5, 0.6) is 5.75 Å². The van der Waals surface area contributed by atoms with Gasteiger partial charge in [-0.3, -0.25) is 0 Å². The van der Waals surface area contributed by atoms with Gasteiger partial charge in [-0.1, -0.05) is 6.07 Å². The first kappa shape index (κ1) is 15.0. The molecule has 0 saturated carbocycles. The zero-order valence-electron chi connectivity index (χ0n) is 12.3. The van der Waals surface area contributed by atoms with Crippen molar-refractivity contribution in [1.29, 1.82) is 0 Å². The molecule has 0 aliphatic rings. The predicted octanol–water partition coefficient (Wildman–Crippen LogP) is 2.40. The zero-order chi connectivity index (χ0) is 13.7. The highest BCUT2D eigenvalue weighted by Crippen LogP contribution is 2.30. The van der Waals surface area contributed by atoms with Crippen molar-refractivity contribution in [3.8, 4) is 5.75 Å². The molecule has 3 heteroatoms. The highest BCUT2D eigenvalue weighted by molar-refractivity contribution is 5.49. The van der Waals surface area contributed by atoms with E-state index in [9.17, 15) is 0 Å². The Bertz CT molecular complexity index is 402. The molecule has 0 heterocycles. The Kier molecular flexibility index (Phi) is 5.63. The highest BCUT2D eigenvalue weighted by Gasteiger charge is 2.13. The van der Waals surface area contributed by atoms with Gasteiger partial charge in [0.15, 0.2) is 0 Å². The van der Waals surface area contributed by atoms with Crippen molar-refractivity contribution in [1.82, 2.24) is 4.90 Å². The van der Waals surface area contributed by atoms with E-state index in [4.69, 9.17) is 10.5 Å². The summed E-state index contributed by atoms with van der Waals surface area (Å²) in [5, 5.41) is 0. The molecule has 0 fully saturated rings. The number of nitrogens with two attached hydrogens (primary N) is 1. The van der Waals surface area contributed by atoms with Crippen LogP contribution in [0.4, 0.5) is 0 Å². The van der Waals surface area contributed by atoms with Crippen molar-refractivity contribution in [2.75, 3.05) is 27.2 Å². The summed E-state index contributed by atoms with van der Waals surface area (Å²) in [4.78, 5) is 2.30. The monoisotopic (exact) mass is 250 g/mol. The molecule has 0 aromatic heterocycles. The van der Waals surface area contributed by atoms with Gasteiger partial charge in [-0.25, -0.2) is 0 Å². The molecule has 1 aromatic rings. The van der Waals surface area contributed by atoms with Crippen LogP contribution in [-0.2, 0) is 6.54 Å². The Morgan fingerprint density at radius 3 is 2.44 bits per heavy atom. The van der Waals surface area contributed by atoms with Gasteiger partial charge >= 0.3 is 0 Å². The van der Waals surface area contributed by atoms with Crippen LogP contribution in [0, 0.1) is 20.8 Å². The predicted molar refractivity (Wildman–Crippen MR) is 77.2 cm³/mol. The standard InChI is InChI=1S/C15H26N2O/c1-11-9-12(2)14(15(18-5)13(11)3)10-17(4)8-6-7-16/h9H,6-8,10,16H2,1-5H3. The largest absolute Gasteiger partial charge is 0.496 e. The fraction of sp³-hybridized carbons (Fsp3) is 0.600. The maximum Gasteiger partial charge on any atom is 0.126 e. The van der Waals surface area contributed by atoms with Gasteiger partial charge in [0.1, 0.15) is 5.75 Å². The van der Waals surface area contributed by atoms with Crippen molar-refractivity contribution < 1.29 is 4.74 Å². The summed E-state index contributed by atoms with van der Waals surface area (Å²) < 4.78 is 5.59. The van der Waals surface area contributed by atoms with E-state index in [1.54, 1.807) is 7.11 Å². The van der Waals surface area contributed by atoms with E-state index in [0.29, 0.717) is 0 Å².